The van der Waals surface area contributed by atoms with Gasteiger partial charge in [-0.05, 0) is 29.9 Å². The summed E-state index contributed by atoms with van der Waals surface area (Å²) in [4.78, 5) is 26.0. The lowest BCUT2D eigenvalue weighted by Gasteiger charge is -2.20. The van der Waals surface area contributed by atoms with Gasteiger partial charge >= 0.3 is 5.97 Å². The Hall–Kier alpha value is -2.11. The Morgan fingerprint density at radius 1 is 1.04 bits per heavy atom. The highest BCUT2D eigenvalue weighted by atomic mass is 16.4. The molecule has 0 saturated carbocycles. The van der Waals surface area contributed by atoms with E-state index in [0.717, 1.165) is 18.1 Å². The number of pyridine rings is 1. The second-order valence-electron chi connectivity index (χ2n) is 8.79. The van der Waals surface area contributed by atoms with Crippen LogP contribution in [0.1, 0.15) is 70.9 Å². The molecule has 1 heterocycles. The topological polar surface area (TPSA) is 91.3 Å². The average molecular weight is 366 g/mol. The number of rotatable bonds is 5. The molecule has 6 nitrogen and oxygen atoms in total. The monoisotopic (exact) mass is 365 g/mol. The van der Waals surface area contributed by atoms with Gasteiger partial charge in [-0.3, -0.25) is 9.59 Å². The first kappa shape index (κ1) is 23.9. The second kappa shape index (κ2) is 10.1. The molecule has 1 rings (SSSR count). The van der Waals surface area contributed by atoms with E-state index in [1.807, 2.05) is 19.1 Å². The van der Waals surface area contributed by atoms with Gasteiger partial charge in [-0.1, -0.05) is 48.5 Å². The van der Waals surface area contributed by atoms with Gasteiger partial charge in [0.05, 0.1) is 0 Å². The maximum Gasteiger partial charge on any atom is 0.303 e. The standard InChI is InChI=1S/C17H29N3O.C3H6O2/c1-12-8-13(15(21)19-11-17(5,6)7)9-14(20-12)18-10-16(2,3)4;1-2-3(4)5/h8-9H,10-11H2,1-7H3,(H,18,20)(H,19,21);2H2,1H3,(H,4,5). The maximum atomic E-state index is 12.2. The molecule has 1 aromatic rings. The first-order valence-electron chi connectivity index (χ1n) is 8.96. The van der Waals surface area contributed by atoms with Crippen molar-refractivity contribution in [1.82, 2.24) is 10.3 Å². The Morgan fingerprint density at radius 2 is 1.54 bits per heavy atom. The van der Waals surface area contributed by atoms with Crippen LogP contribution in [0.2, 0.25) is 0 Å². The van der Waals surface area contributed by atoms with E-state index in [2.05, 4.69) is 57.2 Å². The number of hydrogen-bond acceptors (Lipinski definition) is 4. The normalized spacial score (nSPS) is 11.2. The van der Waals surface area contributed by atoms with Crippen LogP contribution in [-0.4, -0.2) is 35.1 Å². The molecule has 0 aliphatic carbocycles. The predicted octanol–water partition coefficient (Wildman–Crippen LogP) is 4.10. The van der Waals surface area contributed by atoms with Gasteiger partial charge in [0.15, 0.2) is 0 Å². The Kier molecular flexibility index (Phi) is 9.32. The zero-order valence-corrected chi connectivity index (χ0v) is 17.5. The Bertz CT molecular complexity index is 599. The lowest BCUT2D eigenvalue weighted by molar-refractivity contribution is -0.136. The molecule has 0 aliphatic rings. The van der Waals surface area contributed by atoms with Crippen LogP contribution >= 0.6 is 0 Å². The molecule has 0 saturated heterocycles. The summed E-state index contributed by atoms with van der Waals surface area (Å²) in [5.74, 6) is -0.0370. The van der Waals surface area contributed by atoms with Crippen molar-refractivity contribution in [2.75, 3.05) is 18.4 Å². The highest BCUT2D eigenvalue weighted by Gasteiger charge is 2.15. The van der Waals surface area contributed by atoms with Crippen molar-refractivity contribution in [3.8, 4) is 0 Å². The first-order valence-corrected chi connectivity index (χ1v) is 8.96. The van der Waals surface area contributed by atoms with Crippen LogP contribution in [0.4, 0.5) is 5.82 Å². The predicted molar refractivity (Wildman–Crippen MR) is 107 cm³/mol. The third-order valence-corrected chi connectivity index (χ3v) is 3.10. The summed E-state index contributed by atoms with van der Waals surface area (Å²) in [6.45, 7) is 17.7. The molecule has 0 unspecified atom stereocenters. The Morgan fingerprint density at radius 3 is 1.96 bits per heavy atom. The zero-order valence-electron chi connectivity index (χ0n) is 17.5. The van der Waals surface area contributed by atoms with Crippen molar-refractivity contribution in [2.24, 2.45) is 10.8 Å². The number of carbonyl (C=O) groups is 2. The van der Waals surface area contributed by atoms with Crippen molar-refractivity contribution >= 4 is 17.7 Å². The smallest absolute Gasteiger partial charge is 0.303 e. The summed E-state index contributed by atoms with van der Waals surface area (Å²) in [7, 11) is 0. The first-order chi connectivity index (χ1) is 11.7. The number of carboxylic acid groups (broad SMARTS) is 1. The molecule has 0 aromatic carbocycles. The van der Waals surface area contributed by atoms with Crippen molar-refractivity contribution in [3.63, 3.8) is 0 Å². The van der Waals surface area contributed by atoms with Crippen LogP contribution in [0.25, 0.3) is 0 Å². The number of aliphatic carboxylic acids is 1. The third kappa shape index (κ3) is 12.3. The Balaban J connectivity index is 0.00000110. The molecule has 0 atom stereocenters. The molecule has 1 amide bonds. The summed E-state index contributed by atoms with van der Waals surface area (Å²) >= 11 is 0. The minimum Gasteiger partial charge on any atom is -0.481 e. The minimum atomic E-state index is -0.745. The van der Waals surface area contributed by atoms with Gasteiger partial charge in [0, 0.05) is 30.8 Å². The zero-order chi connectivity index (χ0) is 20.5. The number of nitrogens with zero attached hydrogens (tertiary/aromatic N) is 1. The van der Waals surface area contributed by atoms with Gasteiger partial charge in [0.25, 0.3) is 5.91 Å². The number of carboxylic acids is 1. The molecular formula is C20H35N3O3. The molecule has 6 heteroatoms. The third-order valence-electron chi connectivity index (χ3n) is 3.10. The highest BCUT2D eigenvalue weighted by Crippen LogP contribution is 2.16. The van der Waals surface area contributed by atoms with Crippen LogP contribution < -0.4 is 10.6 Å². The fourth-order valence-electron chi connectivity index (χ4n) is 1.69. The number of anilines is 1. The molecule has 0 bridgehead atoms. The van der Waals surface area contributed by atoms with E-state index < -0.39 is 5.97 Å². The lowest BCUT2D eigenvalue weighted by atomic mass is 9.96. The molecular weight excluding hydrogens is 330 g/mol. The molecule has 26 heavy (non-hydrogen) atoms. The molecule has 1 aromatic heterocycles. The van der Waals surface area contributed by atoms with Gasteiger partial charge in [-0.15, -0.1) is 0 Å². The van der Waals surface area contributed by atoms with Crippen molar-refractivity contribution < 1.29 is 14.7 Å². The fraction of sp³-hybridized carbons (Fsp3) is 0.650. The van der Waals surface area contributed by atoms with E-state index in [1.165, 1.54) is 0 Å². The average Bonchev–Trinajstić information content (AvgIpc) is 2.49. The summed E-state index contributed by atoms with van der Waals surface area (Å²) in [6, 6.07) is 3.64. The summed E-state index contributed by atoms with van der Waals surface area (Å²) in [5, 5.41) is 14.0. The minimum absolute atomic E-state index is 0.0470. The number of aromatic nitrogens is 1. The van der Waals surface area contributed by atoms with Gasteiger partial charge < -0.3 is 15.7 Å². The van der Waals surface area contributed by atoms with Crippen LogP contribution in [0, 0.1) is 17.8 Å². The van der Waals surface area contributed by atoms with Gasteiger partial charge in [-0.2, -0.15) is 0 Å². The molecule has 0 aliphatic heterocycles. The van der Waals surface area contributed by atoms with E-state index in [4.69, 9.17) is 5.11 Å². The van der Waals surface area contributed by atoms with E-state index in [-0.39, 0.29) is 23.2 Å². The van der Waals surface area contributed by atoms with Gasteiger partial charge in [-0.25, -0.2) is 4.98 Å². The molecule has 0 spiro atoms. The number of nitrogens with one attached hydrogen (secondary N) is 2. The summed E-state index contributed by atoms with van der Waals surface area (Å²) in [6.07, 6.45) is 0.222. The van der Waals surface area contributed by atoms with Crippen LogP contribution in [0.3, 0.4) is 0 Å². The maximum absolute atomic E-state index is 12.2. The van der Waals surface area contributed by atoms with Crippen LogP contribution in [-0.2, 0) is 4.79 Å². The highest BCUT2D eigenvalue weighted by molar-refractivity contribution is 5.95. The van der Waals surface area contributed by atoms with E-state index in [0.29, 0.717) is 12.1 Å². The quantitative estimate of drug-likeness (QED) is 0.730. The van der Waals surface area contributed by atoms with Gasteiger partial charge in [0.2, 0.25) is 0 Å². The number of amides is 1. The summed E-state index contributed by atoms with van der Waals surface area (Å²) in [5.41, 5.74) is 1.74. The second-order valence-corrected chi connectivity index (χ2v) is 8.79. The largest absolute Gasteiger partial charge is 0.481 e. The molecule has 0 fully saturated rings. The molecule has 0 radical (unpaired) electrons. The lowest BCUT2D eigenvalue weighted by Crippen LogP contribution is -2.32. The van der Waals surface area contributed by atoms with Crippen LogP contribution in [0.15, 0.2) is 12.1 Å². The molecule has 148 valence electrons. The van der Waals surface area contributed by atoms with Crippen molar-refractivity contribution in [3.05, 3.63) is 23.4 Å². The van der Waals surface area contributed by atoms with Crippen LogP contribution in [0.5, 0.6) is 0 Å². The number of aryl methyl sites for hydroxylation is 1. The Labute approximate surface area is 157 Å². The molecule has 3 N–H and O–H groups in total. The van der Waals surface area contributed by atoms with Crippen molar-refractivity contribution in [2.45, 2.75) is 61.8 Å². The summed E-state index contributed by atoms with van der Waals surface area (Å²) < 4.78 is 0. The van der Waals surface area contributed by atoms with E-state index in [9.17, 15) is 9.59 Å². The SMILES string of the molecule is CCC(=O)O.Cc1cc(C(=O)NCC(C)(C)C)cc(NCC(C)(C)C)n1. The fourth-order valence-corrected chi connectivity index (χ4v) is 1.69. The van der Waals surface area contributed by atoms with E-state index in [1.54, 1.807) is 6.92 Å². The van der Waals surface area contributed by atoms with E-state index >= 15 is 0 Å². The van der Waals surface area contributed by atoms with Crippen molar-refractivity contribution in [1.29, 1.82) is 0 Å². The number of hydrogen-bond donors (Lipinski definition) is 3. The van der Waals surface area contributed by atoms with Gasteiger partial charge in [0.1, 0.15) is 5.82 Å². The number of carbonyl (C=O) groups excluding carboxylic acids is 1.